The Hall–Kier alpha value is -2.22. The van der Waals surface area contributed by atoms with E-state index < -0.39 is 27.7 Å². The smallest absolute Gasteiger partial charge is 0.243 e. The van der Waals surface area contributed by atoms with E-state index in [-0.39, 0.29) is 29.7 Å². The lowest BCUT2D eigenvalue weighted by atomic mass is 9.80. The molecule has 3 atom stereocenters. The molecule has 1 saturated heterocycles. The molecule has 4 rings (SSSR count). The number of hydrogen-bond donors (Lipinski definition) is 2. The number of aliphatic hydroxyl groups is 1. The average molecular weight is 443 g/mol. The maximum absolute atomic E-state index is 13.6. The topological polar surface area (TPSA) is 86.7 Å². The summed E-state index contributed by atoms with van der Waals surface area (Å²) in [6, 6.07) is 16.1. The Bertz CT molecular complexity index is 1000. The molecule has 1 aliphatic carbocycles. The number of benzene rings is 2. The van der Waals surface area contributed by atoms with E-state index in [1.54, 1.807) is 37.3 Å². The SMILES string of the molecule is C[C@@]1(O)CCN(S(=O)(=O)c2ccccc2)[C@@H](c2ccccc2)[C@@H]1NC(=O)C1CCCC1. The molecule has 1 heterocycles. The molecule has 1 aliphatic heterocycles. The van der Waals surface area contributed by atoms with Crippen LogP contribution in [0.2, 0.25) is 0 Å². The first kappa shape index (κ1) is 22.0. The second kappa shape index (κ2) is 8.73. The summed E-state index contributed by atoms with van der Waals surface area (Å²) >= 11 is 0. The number of rotatable bonds is 5. The van der Waals surface area contributed by atoms with Gasteiger partial charge in [-0.05, 0) is 43.9 Å². The van der Waals surface area contributed by atoms with E-state index >= 15 is 0 Å². The minimum absolute atomic E-state index is 0.0756. The van der Waals surface area contributed by atoms with Crippen molar-refractivity contribution in [1.29, 1.82) is 0 Å². The molecule has 2 aromatic carbocycles. The summed E-state index contributed by atoms with van der Waals surface area (Å²) in [6.07, 6.45) is 3.95. The molecular weight excluding hydrogens is 412 g/mol. The van der Waals surface area contributed by atoms with Crippen molar-refractivity contribution in [3.05, 3.63) is 66.2 Å². The van der Waals surface area contributed by atoms with Gasteiger partial charge in [0, 0.05) is 12.5 Å². The monoisotopic (exact) mass is 442 g/mol. The number of carbonyl (C=O) groups excluding carboxylic acids is 1. The number of nitrogens with one attached hydrogen (secondary N) is 1. The lowest BCUT2D eigenvalue weighted by molar-refractivity contribution is -0.130. The van der Waals surface area contributed by atoms with Gasteiger partial charge in [-0.1, -0.05) is 61.4 Å². The zero-order chi connectivity index (χ0) is 22.1. The zero-order valence-electron chi connectivity index (χ0n) is 17.8. The summed E-state index contributed by atoms with van der Waals surface area (Å²) in [6.45, 7) is 1.86. The van der Waals surface area contributed by atoms with Gasteiger partial charge in [-0.25, -0.2) is 8.42 Å². The standard InChI is InChI=1S/C24H30N2O4S/c1-24(28)16-17-26(31(29,30)20-14-6-3-7-15-20)21(18-10-4-2-5-11-18)22(24)25-23(27)19-12-8-9-13-19/h2-7,10-11,14-15,19,21-22,28H,8-9,12-13,16-17H2,1H3,(H,25,27)/t21-,22-,24+/m0/s1. The molecule has 166 valence electrons. The largest absolute Gasteiger partial charge is 0.388 e. The highest BCUT2D eigenvalue weighted by Crippen LogP contribution is 2.40. The molecule has 31 heavy (non-hydrogen) atoms. The molecule has 0 radical (unpaired) electrons. The minimum atomic E-state index is -3.83. The van der Waals surface area contributed by atoms with Gasteiger partial charge in [-0.2, -0.15) is 4.31 Å². The minimum Gasteiger partial charge on any atom is -0.388 e. The molecule has 2 N–H and O–H groups in total. The van der Waals surface area contributed by atoms with Crippen molar-refractivity contribution >= 4 is 15.9 Å². The van der Waals surface area contributed by atoms with Crippen LogP contribution in [0.25, 0.3) is 0 Å². The Morgan fingerprint density at radius 2 is 1.61 bits per heavy atom. The molecular formula is C24H30N2O4S. The maximum atomic E-state index is 13.6. The van der Waals surface area contributed by atoms with Gasteiger partial charge >= 0.3 is 0 Å². The summed E-state index contributed by atoms with van der Waals surface area (Å²) < 4.78 is 28.6. The summed E-state index contributed by atoms with van der Waals surface area (Å²) in [5, 5.41) is 14.3. The Morgan fingerprint density at radius 3 is 2.23 bits per heavy atom. The predicted octanol–water partition coefficient (Wildman–Crippen LogP) is 3.25. The van der Waals surface area contributed by atoms with Gasteiger partial charge < -0.3 is 10.4 Å². The van der Waals surface area contributed by atoms with E-state index in [0.717, 1.165) is 31.2 Å². The molecule has 0 bridgehead atoms. The summed E-state index contributed by atoms with van der Waals surface area (Å²) in [4.78, 5) is 13.2. The van der Waals surface area contributed by atoms with Crippen molar-refractivity contribution in [3.63, 3.8) is 0 Å². The molecule has 7 heteroatoms. The van der Waals surface area contributed by atoms with Crippen LogP contribution in [0.5, 0.6) is 0 Å². The van der Waals surface area contributed by atoms with Crippen molar-refractivity contribution in [1.82, 2.24) is 9.62 Å². The van der Waals surface area contributed by atoms with Gasteiger partial charge in [0.05, 0.1) is 22.6 Å². The molecule has 0 spiro atoms. The molecule has 1 saturated carbocycles. The Labute approximate surface area is 184 Å². The van der Waals surface area contributed by atoms with Crippen molar-refractivity contribution in [2.45, 2.75) is 61.6 Å². The highest BCUT2D eigenvalue weighted by molar-refractivity contribution is 7.89. The lowest BCUT2D eigenvalue weighted by Gasteiger charge is -2.48. The molecule has 2 fully saturated rings. The molecule has 6 nitrogen and oxygen atoms in total. The molecule has 2 aliphatic rings. The molecule has 0 unspecified atom stereocenters. The number of sulfonamides is 1. The second-order valence-electron chi connectivity index (χ2n) is 8.86. The number of piperidine rings is 1. The molecule has 0 aromatic heterocycles. The van der Waals surface area contributed by atoms with Crippen LogP contribution in [-0.2, 0) is 14.8 Å². The Kier molecular flexibility index (Phi) is 6.19. The number of amides is 1. The molecule has 1 amide bonds. The van der Waals surface area contributed by atoms with Gasteiger partial charge in [-0.3, -0.25) is 4.79 Å². The van der Waals surface area contributed by atoms with Crippen LogP contribution in [-0.4, -0.2) is 41.9 Å². The molecule has 2 aromatic rings. The number of hydrogen-bond acceptors (Lipinski definition) is 4. The Balaban J connectivity index is 1.76. The quantitative estimate of drug-likeness (QED) is 0.744. The first-order valence-electron chi connectivity index (χ1n) is 11.0. The summed E-state index contributed by atoms with van der Waals surface area (Å²) in [7, 11) is -3.83. The second-order valence-corrected chi connectivity index (χ2v) is 10.7. The highest BCUT2D eigenvalue weighted by atomic mass is 32.2. The normalized spacial score (nSPS) is 27.8. The Morgan fingerprint density at radius 1 is 1.03 bits per heavy atom. The lowest BCUT2D eigenvalue weighted by Crippen LogP contribution is -2.63. The third kappa shape index (κ3) is 4.40. The summed E-state index contributed by atoms with van der Waals surface area (Å²) in [5.74, 6) is -0.170. The van der Waals surface area contributed by atoms with E-state index in [1.165, 1.54) is 4.31 Å². The van der Waals surface area contributed by atoms with E-state index in [2.05, 4.69) is 5.32 Å². The van der Waals surface area contributed by atoms with E-state index in [0.29, 0.717) is 0 Å². The fourth-order valence-corrected chi connectivity index (χ4v) is 6.48. The predicted molar refractivity (Wildman–Crippen MR) is 119 cm³/mol. The van der Waals surface area contributed by atoms with Gasteiger partial charge in [0.25, 0.3) is 0 Å². The number of carbonyl (C=O) groups is 1. The van der Waals surface area contributed by atoms with Gasteiger partial charge in [-0.15, -0.1) is 0 Å². The van der Waals surface area contributed by atoms with E-state index in [9.17, 15) is 18.3 Å². The van der Waals surface area contributed by atoms with Crippen LogP contribution in [0.4, 0.5) is 0 Å². The fraction of sp³-hybridized carbons (Fsp3) is 0.458. The zero-order valence-corrected chi connectivity index (χ0v) is 18.6. The van der Waals surface area contributed by atoms with Gasteiger partial charge in [0.2, 0.25) is 15.9 Å². The van der Waals surface area contributed by atoms with Gasteiger partial charge in [0.1, 0.15) is 0 Å². The van der Waals surface area contributed by atoms with Crippen LogP contribution in [0, 0.1) is 5.92 Å². The third-order valence-corrected chi connectivity index (χ3v) is 8.54. The van der Waals surface area contributed by atoms with Crippen molar-refractivity contribution < 1.29 is 18.3 Å². The first-order valence-corrected chi connectivity index (χ1v) is 12.4. The summed E-state index contributed by atoms with van der Waals surface area (Å²) in [5.41, 5.74) is -0.490. The van der Waals surface area contributed by atoms with Crippen LogP contribution >= 0.6 is 0 Å². The number of nitrogens with zero attached hydrogens (tertiary/aromatic N) is 1. The van der Waals surface area contributed by atoms with Crippen molar-refractivity contribution in [3.8, 4) is 0 Å². The van der Waals surface area contributed by atoms with E-state index in [4.69, 9.17) is 0 Å². The van der Waals surface area contributed by atoms with E-state index in [1.807, 2.05) is 30.3 Å². The first-order chi connectivity index (χ1) is 14.8. The van der Waals surface area contributed by atoms with Crippen LogP contribution in [0.3, 0.4) is 0 Å². The average Bonchev–Trinajstić information content (AvgIpc) is 3.31. The van der Waals surface area contributed by atoms with Crippen LogP contribution < -0.4 is 5.32 Å². The van der Waals surface area contributed by atoms with Crippen molar-refractivity contribution in [2.24, 2.45) is 5.92 Å². The van der Waals surface area contributed by atoms with Crippen molar-refractivity contribution in [2.75, 3.05) is 6.54 Å². The van der Waals surface area contributed by atoms with Crippen LogP contribution in [0.1, 0.15) is 50.6 Å². The van der Waals surface area contributed by atoms with Gasteiger partial charge in [0.15, 0.2) is 0 Å². The highest BCUT2D eigenvalue weighted by Gasteiger charge is 2.50. The van der Waals surface area contributed by atoms with Crippen LogP contribution in [0.15, 0.2) is 65.6 Å². The fourth-order valence-electron chi connectivity index (χ4n) is 4.84. The maximum Gasteiger partial charge on any atom is 0.243 e. The third-order valence-electron chi connectivity index (χ3n) is 6.65.